The van der Waals surface area contributed by atoms with Crippen molar-refractivity contribution in [1.29, 1.82) is 0 Å². The molecular formula is C20H18FN3O4S. The fraction of sp³-hybridized carbons (Fsp3) is 0.200. The van der Waals surface area contributed by atoms with Crippen LogP contribution < -0.4 is 10.1 Å². The maximum atomic E-state index is 13.3. The molecule has 0 radical (unpaired) electrons. The van der Waals surface area contributed by atoms with Crippen molar-refractivity contribution in [2.45, 2.75) is 18.6 Å². The number of imidazole rings is 1. The van der Waals surface area contributed by atoms with Gasteiger partial charge < -0.3 is 14.6 Å². The van der Waals surface area contributed by atoms with Crippen molar-refractivity contribution < 1.29 is 22.3 Å². The number of ether oxygens (including phenoxy) is 1. The average molecular weight is 415 g/mol. The number of hydrogen-bond donors (Lipinski definition) is 1. The van der Waals surface area contributed by atoms with Crippen molar-refractivity contribution in [2.24, 2.45) is 0 Å². The van der Waals surface area contributed by atoms with Gasteiger partial charge in [-0.25, -0.2) is 17.8 Å². The molecule has 2 aromatic carbocycles. The van der Waals surface area contributed by atoms with Crippen LogP contribution in [0.4, 0.5) is 10.1 Å². The molecule has 29 heavy (non-hydrogen) atoms. The van der Waals surface area contributed by atoms with E-state index in [-0.39, 0.29) is 28.8 Å². The first-order chi connectivity index (χ1) is 13.9. The number of nitrogens with zero attached hydrogens (tertiary/aromatic N) is 2. The number of hydrogen-bond acceptors (Lipinski definition) is 5. The molecule has 1 aromatic heterocycles. The van der Waals surface area contributed by atoms with Crippen LogP contribution in [0, 0.1) is 5.82 Å². The van der Waals surface area contributed by atoms with Crippen LogP contribution in [-0.2, 0) is 16.4 Å². The number of fused-ring (bicyclic) bond motifs is 1. The second-order valence-electron chi connectivity index (χ2n) is 6.48. The van der Waals surface area contributed by atoms with Crippen LogP contribution in [0.15, 0.2) is 53.7 Å². The van der Waals surface area contributed by atoms with Gasteiger partial charge in [-0.3, -0.25) is 4.79 Å². The lowest BCUT2D eigenvalue weighted by molar-refractivity contribution is 0.101. The molecule has 4 rings (SSSR count). The fourth-order valence-electron chi connectivity index (χ4n) is 3.21. The summed E-state index contributed by atoms with van der Waals surface area (Å²) in [6, 6.07) is 12.2. The molecule has 0 fully saturated rings. The van der Waals surface area contributed by atoms with Crippen molar-refractivity contribution >= 4 is 21.4 Å². The van der Waals surface area contributed by atoms with Gasteiger partial charge in [-0.05, 0) is 55.5 Å². The lowest BCUT2D eigenvalue weighted by Crippen LogP contribution is -2.17. The molecule has 0 aliphatic carbocycles. The van der Waals surface area contributed by atoms with Crippen LogP contribution in [0.1, 0.15) is 17.4 Å². The largest absolute Gasteiger partial charge is 0.494 e. The van der Waals surface area contributed by atoms with Crippen LogP contribution in [0.3, 0.4) is 0 Å². The standard InChI is InChI=1S/C20H18FN3O4S/c1-2-28-16-9-7-15(8-10-16)22-19(25)18-17(13-3-5-14(21)6-4-13)23-20-24(18)11-12-29(20,26)27/h3-10H,2,11-12H2,1H3,(H,22,25). The second-order valence-corrected chi connectivity index (χ2v) is 8.48. The predicted molar refractivity (Wildman–Crippen MR) is 105 cm³/mol. The van der Waals surface area contributed by atoms with Gasteiger partial charge in [0.1, 0.15) is 23.0 Å². The lowest BCUT2D eigenvalue weighted by atomic mass is 10.1. The Labute approximate surface area is 167 Å². The topological polar surface area (TPSA) is 90.3 Å². The number of anilines is 1. The van der Waals surface area contributed by atoms with Gasteiger partial charge in [0.2, 0.25) is 15.0 Å². The number of halogens is 1. The molecule has 0 atom stereocenters. The average Bonchev–Trinajstić information content (AvgIpc) is 3.22. The van der Waals surface area contributed by atoms with Crippen LogP contribution in [-0.4, -0.2) is 36.2 Å². The first kappa shape index (κ1) is 19.1. The predicted octanol–water partition coefficient (Wildman–Crippen LogP) is 3.13. The highest BCUT2D eigenvalue weighted by Gasteiger charge is 2.35. The third-order valence-electron chi connectivity index (χ3n) is 4.55. The summed E-state index contributed by atoms with van der Waals surface area (Å²) in [5.74, 6) is -0.366. The fourth-order valence-corrected chi connectivity index (χ4v) is 4.56. The van der Waals surface area contributed by atoms with E-state index >= 15 is 0 Å². The number of carbonyl (C=O) groups is 1. The zero-order chi connectivity index (χ0) is 20.6. The molecule has 7 nitrogen and oxygen atoms in total. The number of rotatable bonds is 5. The molecule has 1 amide bonds. The summed E-state index contributed by atoms with van der Waals surface area (Å²) in [5, 5.41) is 2.62. The molecule has 0 saturated carbocycles. The molecule has 2 heterocycles. The Kier molecular flexibility index (Phi) is 4.83. The van der Waals surface area contributed by atoms with Crippen molar-refractivity contribution in [3.63, 3.8) is 0 Å². The normalized spacial score (nSPS) is 14.4. The van der Waals surface area contributed by atoms with Gasteiger partial charge in [0.25, 0.3) is 5.91 Å². The summed E-state index contributed by atoms with van der Waals surface area (Å²) in [7, 11) is -3.56. The first-order valence-electron chi connectivity index (χ1n) is 9.02. The third kappa shape index (κ3) is 3.61. The minimum atomic E-state index is -3.56. The Hall–Kier alpha value is -3.20. The molecular weight excluding hydrogens is 397 g/mol. The summed E-state index contributed by atoms with van der Waals surface area (Å²) in [4.78, 5) is 17.3. The number of benzene rings is 2. The molecule has 1 N–H and O–H groups in total. The highest BCUT2D eigenvalue weighted by Crippen LogP contribution is 2.31. The summed E-state index contributed by atoms with van der Waals surface area (Å²) >= 11 is 0. The number of sulfone groups is 1. The van der Waals surface area contributed by atoms with Crippen molar-refractivity contribution in [3.05, 3.63) is 60.0 Å². The van der Waals surface area contributed by atoms with E-state index in [0.29, 0.717) is 23.6 Å². The Morgan fingerprint density at radius 1 is 1.17 bits per heavy atom. The summed E-state index contributed by atoms with van der Waals surface area (Å²) in [5.41, 5.74) is 1.31. The Bertz CT molecular complexity index is 1170. The first-order valence-corrected chi connectivity index (χ1v) is 10.7. The smallest absolute Gasteiger partial charge is 0.274 e. The van der Waals surface area contributed by atoms with E-state index in [1.807, 2.05) is 6.92 Å². The minimum absolute atomic E-state index is 0.109. The van der Waals surface area contributed by atoms with Crippen molar-refractivity contribution in [3.8, 4) is 17.0 Å². The van der Waals surface area contributed by atoms with Gasteiger partial charge >= 0.3 is 0 Å². The van der Waals surface area contributed by atoms with E-state index < -0.39 is 21.6 Å². The monoisotopic (exact) mass is 415 g/mol. The molecule has 3 aromatic rings. The molecule has 0 bridgehead atoms. The lowest BCUT2D eigenvalue weighted by Gasteiger charge is -2.10. The molecule has 1 aliphatic heterocycles. The van der Waals surface area contributed by atoms with E-state index in [9.17, 15) is 17.6 Å². The van der Waals surface area contributed by atoms with Crippen LogP contribution >= 0.6 is 0 Å². The minimum Gasteiger partial charge on any atom is -0.494 e. The number of carbonyl (C=O) groups excluding carboxylic acids is 1. The highest BCUT2D eigenvalue weighted by molar-refractivity contribution is 7.91. The molecule has 9 heteroatoms. The van der Waals surface area contributed by atoms with Gasteiger partial charge in [-0.1, -0.05) is 0 Å². The Balaban J connectivity index is 1.73. The van der Waals surface area contributed by atoms with E-state index in [1.165, 1.54) is 28.8 Å². The van der Waals surface area contributed by atoms with Crippen LogP contribution in [0.25, 0.3) is 11.3 Å². The SMILES string of the molecule is CCOc1ccc(NC(=O)c2c(-c3ccc(F)cc3)nc3n2CCS3(=O)=O)cc1. The van der Waals surface area contributed by atoms with E-state index in [0.717, 1.165) is 0 Å². The maximum Gasteiger partial charge on any atom is 0.274 e. The number of nitrogens with one attached hydrogen (secondary N) is 1. The molecule has 0 spiro atoms. The summed E-state index contributed by atoms with van der Waals surface area (Å²) in [6.07, 6.45) is 0. The van der Waals surface area contributed by atoms with Gasteiger partial charge in [0, 0.05) is 17.8 Å². The van der Waals surface area contributed by atoms with Crippen molar-refractivity contribution in [2.75, 3.05) is 17.7 Å². The summed E-state index contributed by atoms with van der Waals surface area (Å²) < 4.78 is 44.7. The van der Waals surface area contributed by atoms with E-state index in [1.54, 1.807) is 24.3 Å². The zero-order valence-electron chi connectivity index (χ0n) is 15.6. The van der Waals surface area contributed by atoms with Crippen molar-refractivity contribution in [1.82, 2.24) is 9.55 Å². The van der Waals surface area contributed by atoms with Gasteiger partial charge in [-0.2, -0.15) is 0 Å². The van der Waals surface area contributed by atoms with Gasteiger partial charge in [0.15, 0.2) is 0 Å². The summed E-state index contributed by atoms with van der Waals surface area (Å²) in [6.45, 7) is 2.54. The quantitative estimate of drug-likeness (QED) is 0.692. The Morgan fingerprint density at radius 2 is 1.86 bits per heavy atom. The van der Waals surface area contributed by atoms with Crippen LogP contribution in [0.2, 0.25) is 0 Å². The van der Waals surface area contributed by atoms with E-state index in [2.05, 4.69) is 10.3 Å². The highest BCUT2D eigenvalue weighted by atomic mass is 32.2. The molecule has 150 valence electrons. The van der Waals surface area contributed by atoms with Gasteiger partial charge in [-0.15, -0.1) is 0 Å². The molecule has 0 unspecified atom stereocenters. The Morgan fingerprint density at radius 3 is 2.52 bits per heavy atom. The second kappa shape index (κ2) is 7.32. The van der Waals surface area contributed by atoms with Gasteiger partial charge in [0.05, 0.1) is 12.4 Å². The zero-order valence-corrected chi connectivity index (χ0v) is 16.4. The molecule has 0 saturated heterocycles. The number of aromatic nitrogens is 2. The van der Waals surface area contributed by atoms with E-state index in [4.69, 9.17) is 4.74 Å². The molecule has 1 aliphatic rings. The van der Waals surface area contributed by atoms with Crippen LogP contribution in [0.5, 0.6) is 5.75 Å². The number of amides is 1. The third-order valence-corrected chi connectivity index (χ3v) is 6.14. The maximum absolute atomic E-state index is 13.3.